The van der Waals surface area contributed by atoms with Crippen molar-refractivity contribution in [3.63, 3.8) is 0 Å². The summed E-state index contributed by atoms with van der Waals surface area (Å²) in [4.78, 5) is 16.9. The van der Waals surface area contributed by atoms with E-state index in [1.54, 1.807) is 24.3 Å². The minimum Gasteiger partial charge on any atom is -0.486 e. The Balaban J connectivity index is 2.00. The Labute approximate surface area is 154 Å². The lowest BCUT2D eigenvalue weighted by Gasteiger charge is -2.18. The summed E-state index contributed by atoms with van der Waals surface area (Å²) < 4.78 is 40.7. The lowest BCUT2D eigenvalue weighted by atomic mass is 10.1. The van der Waals surface area contributed by atoms with Gasteiger partial charge in [-0.1, -0.05) is 18.7 Å². The molecule has 2 aromatic carbocycles. The van der Waals surface area contributed by atoms with Crippen LogP contribution in [0.15, 0.2) is 51.0 Å². The molecule has 138 valence electrons. The van der Waals surface area contributed by atoms with Crippen LogP contribution in [-0.2, 0) is 9.84 Å². The Morgan fingerprint density at radius 2 is 1.81 bits per heavy atom. The van der Waals surface area contributed by atoms with E-state index in [1.807, 2.05) is 0 Å². The normalized spacial score (nSPS) is 13.5. The van der Waals surface area contributed by atoms with Crippen molar-refractivity contribution in [2.45, 2.75) is 4.90 Å². The van der Waals surface area contributed by atoms with Crippen LogP contribution >= 0.6 is 0 Å². The number of benzene rings is 2. The summed E-state index contributed by atoms with van der Waals surface area (Å²) in [7, 11) is -3.57. The van der Waals surface area contributed by atoms with Crippen molar-refractivity contribution in [3.8, 4) is 23.0 Å². The van der Waals surface area contributed by atoms with Crippen molar-refractivity contribution < 1.29 is 22.3 Å². The first-order chi connectivity index (χ1) is 12.9. The number of ether oxygens (including phenoxy) is 2. The average molecular weight is 385 g/mol. The first-order valence-electron chi connectivity index (χ1n) is 8.08. The Morgan fingerprint density at radius 1 is 1.11 bits per heavy atom. The van der Waals surface area contributed by atoms with Crippen molar-refractivity contribution in [1.82, 2.24) is 4.98 Å². The van der Waals surface area contributed by atoms with E-state index in [4.69, 9.17) is 13.9 Å². The maximum Gasteiger partial charge on any atom is 0.347 e. The predicted molar refractivity (Wildman–Crippen MR) is 99.9 cm³/mol. The lowest BCUT2D eigenvalue weighted by Crippen LogP contribution is -2.16. The molecular formula is C19H15NO6S. The molecule has 0 saturated carbocycles. The highest BCUT2D eigenvalue weighted by Crippen LogP contribution is 2.34. The van der Waals surface area contributed by atoms with Gasteiger partial charge in [0.2, 0.25) is 5.89 Å². The molecule has 0 radical (unpaired) electrons. The minimum atomic E-state index is -3.57. The van der Waals surface area contributed by atoms with Gasteiger partial charge in [0.15, 0.2) is 21.3 Å². The summed E-state index contributed by atoms with van der Waals surface area (Å²) in [5, 5.41) is 0.226. The molecule has 0 fully saturated rings. The molecule has 3 aromatic rings. The molecular weight excluding hydrogens is 370 g/mol. The molecule has 0 bridgehead atoms. The maximum atomic E-state index is 12.5. The standard InChI is InChI=1S/C19H15NO6S/c1-3-11-4-5-17(27(2,22)23)13(8-11)18-20-14-10-16-15(24-6-7-25-16)9-12(14)19(21)26-18/h3-5,8-10H,1,6-7H2,2H3. The van der Waals surface area contributed by atoms with Gasteiger partial charge in [-0.15, -0.1) is 0 Å². The molecule has 0 amide bonds. The first-order valence-corrected chi connectivity index (χ1v) is 9.97. The van der Waals surface area contributed by atoms with Crippen molar-refractivity contribution >= 4 is 26.8 Å². The Bertz CT molecular complexity index is 1240. The van der Waals surface area contributed by atoms with E-state index < -0.39 is 15.5 Å². The Kier molecular flexibility index (Phi) is 4.00. The molecule has 0 aliphatic carbocycles. The van der Waals surface area contributed by atoms with Crippen LogP contribution in [0.3, 0.4) is 0 Å². The third kappa shape index (κ3) is 3.08. The summed E-state index contributed by atoms with van der Waals surface area (Å²) in [6, 6.07) is 7.73. The van der Waals surface area contributed by atoms with Gasteiger partial charge in [0.05, 0.1) is 21.4 Å². The quantitative estimate of drug-likeness (QED) is 0.684. The van der Waals surface area contributed by atoms with Gasteiger partial charge in [-0.3, -0.25) is 0 Å². The fraction of sp³-hybridized carbons (Fsp3) is 0.158. The van der Waals surface area contributed by atoms with Crippen molar-refractivity contribution in [3.05, 3.63) is 52.9 Å². The number of hydrogen-bond acceptors (Lipinski definition) is 7. The Hall–Kier alpha value is -3.13. The van der Waals surface area contributed by atoms with Crippen LogP contribution in [0, 0.1) is 0 Å². The number of aromatic nitrogens is 1. The molecule has 0 saturated heterocycles. The summed E-state index contributed by atoms with van der Waals surface area (Å²) in [5.41, 5.74) is 0.553. The summed E-state index contributed by atoms with van der Waals surface area (Å²) in [6.45, 7) is 4.47. The van der Waals surface area contributed by atoms with Gasteiger partial charge in [-0.05, 0) is 17.7 Å². The molecule has 27 heavy (non-hydrogen) atoms. The van der Waals surface area contributed by atoms with Crippen molar-refractivity contribution in [2.75, 3.05) is 19.5 Å². The summed E-state index contributed by atoms with van der Waals surface area (Å²) in [6.07, 6.45) is 2.65. The van der Waals surface area contributed by atoms with Crippen LogP contribution in [0.1, 0.15) is 5.56 Å². The van der Waals surface area contributed by atoms with Crippen LogP contribution in [-0.4, -0.2) is 32.9 Å². The zero-order chi connectivity index (χ0) is 19.2. The van der Waals surface area contributed by atoms with E-state index >= 15 is 0 Å². The van der Waals surface area contributed by atoms with Gasteiger partial charge >= 0.3 is 5.63 Å². The van der Waals surface area contributed by atoms with Crippen molar-refractivity contribution in [2.24, 2.45) is 0 Å². The van der Waals surface area contributed by atoms with E-state index in [1.165, 1.54) is 12.1 Å². The molecule has 2 heterocycles. The molecule has 0 atom stereocenters. The van der Waals surface area contributed by atoms with E-state index in [0.717, 1.165) is 6.26 Å². The second-order valence-electron chi connectivity index (χ2n) is 6.05. The topological polar surface area (TPSA) is 95.7 Å². The Morgan fingerprint density at radius 3 is 2.48 bits per heavy atom. The van der Waals surface area contributed by atoms with Crippen LogP contribution < -0.4 is 15.1 Å². The largest absolute Gasteiger partial charge is 0.486 e. The maximum absolute atomic E-state index is 12.5. The molecule has 0 spiro atoms. The molecule has 0 N–H and O–H groups in total. The monoisotopic (exact) mass is 385 g/mol. The van der Waals surface area contributed by atoms with Gasteiger partial charge < -0.3 is 13.9 Å². The van der Waals surface area contributed by atoms with Gasteiger partial charge in [0, 0.05) is 18.4 Å². The zero-order valence-electron chi connectivity index (χ0n) is 14.4. The van der Waals surface area contributed by atoms with Gasteiger partial charge in [-0.25, -0.2) is 18.2 Å². The molecule has 4 rings (SSSR count). The summed E-state index contributed by atoms with van der Waals surface area (Å²) in [5.74, 6) is 0.829. The van der Waals surface area contributed by atoms with E-state index in [-0.39, 0.29) is 21.7 Å². The molecule has 0 unspecified atom stereocenters. The minimum absolute atomic E-state index is 0.0145. The summed E-state index contributed by atoms with van der Waals surface area (Å²) >= 11 is 0. The van der Waals surface area contributed by atoms with Gasteiger partial charge in [0.25, 0.3) is 0 Å². The fourth-order valence-corrected chi connectivity index (χ4v) is 3.75. The highest BCUT2D eigenvalue weighted by atomic mass is 32.2. The highest BCUT2D eigenvalue weighted by Gasteiger charge is 2.21. The second kappa shape index (κ2) is 6.24. The van der Waals surface area contributed by atoms with E-state index in [2.05, 4.69) is 11.6 Å². The number of hydrogen-bond donors (Lipinski definition) is 0. The number of sulfone groups is 1. The molecule has 8 heteroatoms. The van der Waals surface area contributed by atoms with Crippen LogP contribution in [0.25, 0.3) is 28.4 Å². The third-order valence-corrected chi connectivity index (χ3v) is 5.32. The van der Waals surface area contributed by atoms with Crippen LogP contribution in [0.4, 0.5) is 0 Å². The second-order valence-corrected chi connectivity index (χ2v) is 8.04. The average Bonchev–Trinajstić information content (AvgIpc) is 2.65. The van der Waals surface area contributed by atoms with Crippen LogP contribution in [0.2, 0.25) is 0 Å². The molecule has 1 aromatic heterocycles. The number of rotatable bonds is 3. The predicted octanol–water partition coefficient (Wildman–Crippen LogP) is 2.67. The number of fused-ring (bicyclic) bond motifs is 2. The highest BCUT2D eigenvalue weighted by molar-refractivity contribution is 7.90. The zero-order valence-corrected chi connectivity index (χ0v) is 15.2. The third-order valence-electron chi connectivity index (χ3n) is 4.16. The van der Waals surface area contributed by atoms with E-state index in [9.17, 15) is 13.2 Å². The van der Waals surface area contributed by atoms with E-state index in [0.29, 0.717) is 35.8 Å². The van der Waals surface area contributed by atoms with Gasteiger partial charge in [-0.2, -0.15) is 0 Å². The fourth-order valence-electron chi connectivity index (χ4n) is 2.89. The smallest absolute Gasteiger partial charge is 0.347 e. The molecule has 1 aliphatic rings. The first kappa shape index (κ1) is 17.3. The van der Waals surface area contributed by atoms with Crippen LogP contribution in [0.5, 0.6) is 11.5 Å². The molecule has 7 nitrogen and oxygen atoms in total. The van der Waals surface area contributed by atoms with Gasteiger partial charge in [0.1, 0.15) is 13.2 Å². The molecule has 1 aliphatic heterocycles. The number of nitrogens with zero attached hydrogens (tertiary/aromatic N) is 1. The lowest BCUT2D eigenvalue weighted by molar-refractivity contribution is 0.172. The SMILES string of the molecule is C=Cc1ccc(S(C)(=O)=O)c(-c2nc3cc4c(cc3c(=O)o2)OCCO4)c1. The van der Waals surface area contributed by atoms with Crippen molar-refractivity contribution in [1.29, 1.82) is 0 Å².